The van der Waals surface area contributed by atoms with Gasteiger partial charge in [-0.05, 0) is 12.1 Å². The van der Waals surface area contributed by atoms with Crippen molar-refractivity contribution in [2.24, 2.45) is 0 Å². The van der Waals surface area contributed by atoms with Gasteiger partial charge in [-0.2, -0.15) is 0 Å². The summed E-state index contributed by atoms with van der Waals surface area (Å²) in [5, 5.41) is -0.279. The van der Waals surface area contributed by atoms with Gasteiger partial charge in [0.2, 0.25) is 5.78 Å². The topological polar surface area (TPSA) is 17.1 Å². The number of carbonyl (C=O) groups excluding carboxylic acids is 1. The van der Waals surface area contributed by atoms with E-state index in [0.717, 1.165) is 12.1 Å². The molecule has 7 heteroatoms. The number of Topliss-reactive ketones (excluding diaryl/α,β-unsaturated/α-hetero) is 1. The van der Waals surface area contributed by atoms with Crippen LogP contribution in [0.1, 0.15) is 10.4 Å². The molecule has 1 rings (SSSR count). The Labute approximate surface area is 110 Å². The lowest BCUT2D eigenvalue weighted by Gasteiger charge is -2.11. The van der Waals surface area contributed by atoms with Gasteiger partial charge in [-0.15, -0.1) is 0 Å². The summed E-state index contributed by atoms with van der Waals surface area (Å²) in [7, 11) is 0. The van der Waals surface area contributed by atoms with Crippen LogP contribution < -0.4 is 0 Å². The van der Waals surface area contributed by atoms with Gasteiger partial charge < -0.3 is 0 Å². The van der Waals surface area contributed by atoms with Gasteiger partial charge in [-0.25, -0.2) is 4.39 Å². The molecule has 1 nitrogen and oxygen atoms in total. The van der Waals surface area contributed by atoms with Crippen molar-refractivity contribution in [2.75, 3.05) is 0 Å². The van der Waals surface area contributed by atoms with Gasteiger partial charge >= 0.3 is 0 Å². The molecule has 1 aromatic rings. The molecule has 0 saturated carbocycles. The molecule has 0 aliphatic carbocycles. The van der Waals surface area contributed by atoms with E-state index < -0.39 is 15.4 Å². The Kier molecular flexibility index (Phi) is 4.13. The molecule has 0 fully saturated rings. The zero-order valence-corrected chi connectivity index (χ0v) is 10.6. The van der Waals surface area contributed by atoms with E-state index in [2.05, 4.69) is 0 Å². The van der Waals surface area contributed by atoms with E-state index in [1.807, 2.05) is 0 Å². The first-order valence-electron chi connectivity index (χ1n) is 3.49. The first-order valence-corrected chi connectivity index (χ1v) is 5.38. The fraction of sp³-hybridized carbons (Fsp3) is 0.125. The van der Waals surface area contributed by atoms with E-state index in [-0.39, 0.29) is 15.6 Å². The van der Waals surface area contributed by atoms with Crippen LogP contribution in [0.3, 0.4) is 0 Å². The predicted octanol–water partition coefficient (Wildman–Crippen LogP) is 4.69. The van der Waals surface area contributed by atoms with Crippen molar-refractivity contribution in [1.82, 2.24) is 0 Å². The van der Waals surface area contributed by atoms with E-state index >= 15 is 0 Å². The first kappa shape index (κ1) is 13.3. The molecule has 15 heavy (non-hydrogen) atoms. The average molecular weight is 310 g/mol. The normalized spacial score (nSPS) is 11.6. The second-order valence-corrected chi connectivity index (χ2v) is 5.67. The van der Waals surface area contributed by atoms with Gasteiger partial charge in [0.25, 0.3) is 3.79 Å². The highest BCUT2D eigenvalue weighted by molar-refractivity contribution is 6.77. The number of hydrogen-bond donors (Lipinski definition) is 0. The fourth-order valence-electron chi connectivity index (χ4n) is 0.849. The van der Waals surface area contributed by atoms with Crippen LogP contribution in [0.5, 0.6) is 0 Å². The third kappa shape index (κ3) is 3.11. The molecule has 0 aliphatic rings. The molecule has 0 aromatic heterocycles. The maximum atomic E-state index is 13.0. The second kappa shape index (κ2) is 4.64. The van der Waals surface area contributed by atoms with E-state index in [9.17, 15) is 9.18 Å². The van der Waals surface area contributed by atoms with Crippen LogP contribution in [0.15, 0.2) is 12.1 Å². The minimum absolute atomic E-state index is 0.0716. The zero-order chi connectivity index (χ0) is 11.8. The molecular weight excluding hydrogens is 308 g/mol. The van der Waals surface area contributed by atoms with Gasteiger partial charge in [0.1, 0.15) is 5.82 Å². The highest BCUT2D eigenvalue weighted by Gasteiger charge is 2.33. The Bertz CT molecular complexity index is 412. The van der Waals surface area contributed by atoms with Crippen molar-refractivity contribution in [3.05, 3.63) is 33.6 Å². The van der Waals surface area contributed by atoms with Crippen molar-refractivity contribution in [3.63, 3.8) is 0 Å². The summed E-state index contributed by atoms with van der Waals surface area (Å²) in [4.78, 5) is 11.5. The summed E-state index contributed by atoms with van der Waals surface area (Å²) in [5.41, 5.74) is -0.224. The van der Waals surface area contributed by atoms with E-state index in [0.29, 0.717) is 0 Å². The summed E-state index contributed by atoms with van der Waals surface area (Å²) in [6.07, 6.45) is 0. The summed E-state index contributed by atoms with van der Waals surface area (Å²) in [5.74, 6) is -1.72. The van der Waals surface area contributed by atoms with Gasteiger partial charge in [-0.3, -0.25) is 4.79 Å². The minimum atomic E-state index is -2.18. The van der Waals surface area contributed by atoms with E-state index in [1.165, 1.54) is 0 Å². The van der Waals surface area contributed by atoms with Crippen LogP contribution in [0.25, 0.3) is 0 Å². The van der Waals surface area contributed by atoms with Crippen molar-refractivity contribution < 1.29 is 9.18 Å². The molecule has 0 heterocycles. The zero-order valence-electron chi connectivity index (χ0n) is 6.83. The van der Waals surface area contributed by atoms with Crippen LogP contribution in [0.4, 0.5) is 4.39 Å². The highest BCUT2D eigenvalue weighted by Crippen LogP contribution is 2.34. The molecule has 1 aromatic carbocycles. The van der Waals surface area contributed by atoms with E-state index in [1.54, 1.807) is 0 Å². The number of alkyl halides is 3. The molecule has 0 N–H and O–H groups in total. The molecule has 0 bridgehead atoms. The van der Waals surface area contributed by atoms with Crippen molar-refractivity contribution >= 4 is 63.8 Å². The Hall–Kier alpha value is 0.270. The maximum absolute atomic E-state index is 13.0. The molecule has 0 unspecified atom stereocenters. The third-order valence-corrected chi connectivity index (χ3v) is 2.63. The Balaban J connectivity index is 3.28. The van der Waals surface area contributed by atoms with Crippen molar-refractivity contribution in [2.45, 2.75) is 3.79 Å². The molecule has 0 radical (unpaired) electrons. The van der Waals surface area contributed by atoms with Crippen LogP contribution in [-0.4, -0.2) is 9.58 Å². The summed E-state index contributed by atoms with van der Waals surface area (Å²) in [6.45, 7) is 0. The molecule has 0 atom stereocenters. The number of ketones is 1. The third-order valence-electron chi connectivity index (χ3n) is 1.51. The van der Waals surface area contributed by atoms with Gasteiger partial charge in [0.05, 0.1) is 10.0 Å². The lowest BCUT2D eigenvalue weighted by Crippen LogP contribution is -2.19. The van der Waals surface area contributed by atoms with Crippen LogP contribution >= 0.6 is 58.0 Å². The van der Waals surface area contributed by atoms with Crippen LogP contribution in [-0.2, 0) is 0 Å². The molecule has 0 amide bonds. The summed E-state index contributed by atoms with van der Waals surface area (Å²) < 4.78 is 10.9. The predicted molar refractivity (Wildman–Crippen MR) is 61.0 cm³/mol. The average Bonchev–Trinajstić information content (AvgIpc) is 2.08. The maximum Gasteiger partial charge on any atom is 0.253 e. The molecule has 0 spiro atoms. The number of rotatable bonds is 1. The monoisotopic (exact) mass is 308 g/mol. The van der Waals surface area contributed by atoms with Crippen LogP contribution in [0, 0.1) is 5.82 Å². The number of benzene rings is 1. The largest absolute Gasteiger partial charge is 0.289 e. The quantitative estimate of drug-likeness (QED) is 0.418. The van der Waals surface area contributed by atoms with Gasteiger partial charge in [0.15, 0.2) is 0 Å². The number of hydrogen-bond acceptors (Lipinski definition) is 1. The molecule has 0 saturated heterocycles. The molecule has 82 valence electrons. The minimum Gasteiger partial charge on any atom is -0.289 e. The summed E-state index contributed by atoms with van der Waals surface area (Å²) in [6, 6.07) is 1.90. The first-order chi connectivity index (χ1) is 6.73. The molecular formula is C8H2Cl5FO. The molecule has 0 aliphatic heterocycles. The second-order valence-electron chi connectivity index (χ2n) is 2.57. The summed E-state index contributed by atoms with van der Waals surface area (Å²) >= 11 is 27.1. The van der Waals surface area contributed by atoms with Crippen molar-refractivity contribution in [1.29, 1.82) is 0 Å². The van der Waals surface area contributed by atoms with Gasteiger partial charge in [-0.1, -0.05) is 58.0 Å². The Morgan fingerprint density at radius 3 is 2.13 bits per heavy atom. The fourth-order valence-corrected chi connectivity index (χ4v) is 1.62. The van der Waals surface area contributed by atoms with Crippen LogP contribution in [0.2, 0.25) is 10.0 Å². The standard InChI is InChI=1S/C8H2Cl5FO/c9-4-2-5(10)6(14)1-3(4)7(15)8(11,12)13/h1-2H. The Morgan fingerprint density at radius 2 is 1.67 bits per heavy atom. The van der Waals surface area contributed by atoms with Gasteiger partial charge in [0, 0.05) is 5.56 Å². The number of halogens is 6. The Morgan fingerprint density at radius 1 is 1.13 bits per heavy atom. The number of carbonyl (C=O) groups is 1. The smallest absolute Gasteiger partial charge is 0.253 e. The lowest BCUT2D eigenvalue weighted by atomic mass is 10.1. The lowest BCUT2D eigenvalue weighted by molar-refractivity contribution is 0.0996. The van der Waals surface area contributed by atoms with E-state index in [4.69, 9.17) is 58.0 Å². The highest BCUT2D eigenvalue weighted by atomic mass is 35.6. The SMILES string of the molecule is O=C(c1cc(F)c(Cl)cc1Cl)C(Cl)(Cl)Cl. The van der Waals surface area contributed by atoms with Crippen molar-refractivity contribution in [3.8, 4) is 0 Å².